The van der Waals surface area contributed by atoms with Gasteiger partial charge in [-0.05, 0) is 37.0 Å². The summed E-state index contributed by atoms with van der Waals surface area (Å²) in [6.45, 7) is 6.34. The molecule has 0 saturated carbocycles. The monoisotopic (exact) mass is 440 g/mol. The Bertz CT molecular complexity index is 1110. The summed E-state index contributed by atoms with van der Waals surface area (Å²) in [7, 11) is -3.83. The van der Waals surface area contributed by atoms with Crippen molar-refractivity contribution < 1.29 is 13.2 Å². The van der Waals surface area contributed by atoms with Gasteiger partial charge < -0.3 is 5.32 Å². The lowest BCUT2D eigenvalue weighted by molar-refractivity contribution is -0.118. The van der Waals surface area contributed by atoms with Crippen LogP contribution in [-0.2, 0) is 21.4 Å². The molecule has 0 spiro atoms. The Morgan fingerprint density at radius 1 is 1.03 bits per heavy atom. The Balaban J connectivity index is 1.70. The largest absolute Gasteiger partial charge is 0.308 e. The average molecular weight is 441 g/mol. The van der Waals surface area contributed by atoms with E-state index in [1.54, 1.807) is 29.1 Å². The molecule has 1 amide bonds. The van der Waals surface area contributed by atoms with Crippen LogP contribution in [0.2, 0.25) is 0 Å². The van der Waals surface area contributed by atoms with E-state index in [1.165, 1.54) is 12.1 Å². The van der Waals surface area contributed by atoms with Crippen LogP contribution < -0.4 is 10.0 Å². The SMILES string of the molecule is Cc1ccc(S(=O)(=O)NC(CC(C)C)C(=O)Nc2ccn(Cc3ccccc3)n2)cc1. The van der Waals surface area contributed by atoms with Crippen LogP contribution in [0.5, 0.6) is 0 Å². The summed E-state index contributed by atoms with van der Waals surface area (Å²) in [6.07, 6.45) is 2.14. The molecule has 1 heterocycles. The first kappa shape index (κ1) is 22.7. The van der Waals surface area contributed by atoms with Crippen molar-refractivity contribution in [3.05, 3.63) is 78.0 Å². The number of nitrogens with zero attached hydrogens (tertiary/aromatic N) is 2. The molecular weight excluding hydrogens is 412 g/mol. The van der Waals surface area contributed by atoms with Crippen molar-refractivity contribution in [2.24, 2.45) is 5.92 Å². The second-order valence-electron chi connectivity index (χ2n) is 7.99. The molecule has 0 radical (unpaired) electrons. The number of aromatic nitrogens is 2. The number of carbonyl (C=O) groups excluding carboxylic acids is 1. The van der Waals surface area contributed by atoms with Gasteiger partial charge in [-0.25, -0.2) is 8.42 Å². The van der Waals surface area contributed by atoms with Crippen LogP contribution in [0.15, 0.2) is 71.8 Å². The van der Waals surface area contributed by atoms with Crippen LogP contribution in [0.25, 0.3) is 0 Å². The summed E-state index contributed by atoms with van der Waals surface area (Å²) >= 11 is 0. The first-order chi connectivity index (χ1) is 14.7. The zero-order valence-corrected chi connectivity index (χ0v) is 18.8. The fourth-order valence-corrected chi connectivity index (χ4v) is 4.36. The van der Waals surface area contributed by atoms with Gasteiger partial charge >= 0.3 is 0 Å². The number of hydrogen-bond acceptors (Lipinski definition) is 4. The van der Waals surface area contributed by atoms with Crippen molar-refractivity contribution in [2.45, 2.75) is 44.7 Å². The Kier molecular flexibility index (Phi) is 7.25. The number of rotatable bonds is 9. The van der Waals surface area contributed by atoms with Crippen LogP contribution in [0.3, 0.4) is 0 Å². The second-order valence-corrected chi connectivity index (χ2v) is 9.70. The molecule has 8 heteroatoms. The molecule has 0 bridgehead atoms. The molecule has 7 nitrogen and oxygen atoms in total. The molecule has 1 aromatic heterocycles. The van der Waals surface area contributed by atoms with Crippen molar-refractivity contribution in [1.82, 2.24) is 14.5 Å². The molecule has 2 N–H and O–H groups in total. The lowest BCUT2D eigenvalue weighted by Gasteiger charge is -2.19. The highest BCUT2D eigenvalue weighted by molar-refractivity contribution is 7.89. The number of hydrogen-bond donors (Lipinski definition) is 2. The second kappa shape index (κ2) is 9.89. The maximum atomic E-state index is 12.9. The van der Waals surface area contributed by atoms with E-state index in [4.69, 9.17) is 0 Å². The van der Waals surface area contributed by atoms with E-state index in [1.807, 2.05) is 51.1 Å². The van der Waals surface area contributed by atoms with Gasteiger partial charge in [-0.3, -0.25) is 9.48 Å². The summed E-state index contributed by atoms with van der Waals surface area (Å²) in [5.74, 6) is 0.0608. The van der Waals surface area contributed by atoms with Gasteiger partial charge in [0.15, 0.2) is 5.82 Å². The van der Waals surface area contributed by atoms with E-state index >= 15 is 0 Å². The predicted molar refractivity (Wildman–Crippen MR) is 121 cm³/mol. The van der Waals surface area contributed by atoms with Crippen LogP contribution in [0.1, 0.15) is 31.4 Å². The number of benzene rings is 2. The minimum absolute atomic E-state index is 0.118. The number of carbonyl (C=O) groups is 1. The molecule has 0 saturated heterocycles. The quantitative estimate of drug-likeness (QED) is 0.532. The number of aryl methyl sites for hydroxylation is 1. The Morgan fingerprint density at radius 2 is 1.71 bits per heavy atom. The van der Waals surface area contributed by atoms with Crippen molar-refractivity contribution >= 4 is 21.7 Å². The molecule has 2 aromatic carbocycles. The number of anilines is 1. The molecule has 0 fully saturated rings. The zero-order valence-electron chi connectivity index (χ0n) is 17.9. The first-order valence-electron chi connectivity index (χ1n) is 10.2. The summed E-state index contributed by atoms with van der Waals surface area (Å²) in [5, 5.41) is 7.12. The molecular formula is C23H28N4O3S. The minimum atomic E-state index is -3.83. The van der Waals surface area contributed by atoms with Gasteiger partial charge in [0.05, 0.1) is 11.4 Å². The van der Waals surface area contributed by atoms with Crippen molar-refractivity contribution in [3.63, 3.8) is 0 Å². The zero-order chi connectivity index (χ0) is 22.4. The molecule has 3 rings (SSSR count). The van der Waals surface area contributed by atoms with Crippen molar-refractivity contribution in [3.8, 4) is 0 Å². The molecule has 164 valence electrons. The summed E-state index contributed by atoms with van der Waals surface area (Å²) in [5.41, 5.74) is 2.05. The topological polar surface area (TPSA) is 93.1 Å². The maximum Gasteiger partial charge on any atom is 0.243 e. The molecule has 1 atom stereocenters. The predicted octanol–water partition coefficient (Wildman–Crippen LogP) is 3.57. The van der Waals surface area contributed by atoms with E-state index < -0.39 is 22.0 Å². The first-order valence-corrected chi connectivity index (χ1v) is 11.7. The molecule has 0 aliphatic heterocycles. The van der Waals surface area contributed by atoms with Gasteiger partial charge in [0.2, 0.25) is 15.9 Å². The van der Waals surface area contributed by atoms with Crippen molar-refractivity contribution in [2.75, 3.05) is 5.32 Å². The highest BCUT2D eigenvalue weighted by atomic mass is 32.2. The fourth-order valence-electron chi connectivity index (χ4n) is 3.15. The van der Waals surface area contributed by atoms with E-state index in [0.29, 0.717) is 18.8 Å². The summed E-state index contributed by atoms with van der Waals surface area (Å²) < 4.78 is 29.9. The molecule has 0 aliphatic rings. The van der Waals surface area contributed by atoms with Gasteiger partial charge in [-0.2, -0.15) is 9.82 Å². The van der Waals surface area contributed by atoms with Gasteiger partial charge in [0, 0.05) is 12.3 Å². The minimum Gasteiger partial charge on any atom is -0.308 e. The average Bonchev–Trinajstić information content (AvgIpc) is 3.14. The third kappa shape index (κ3) is 6.50. The highest BCUT2D eigenvalue weighted by Crippen LogP contribution is 2.15. The van der Waals surface area contributed by atoms with Crippen molar-refractivity contribution in [1.29, 1.82) is 0 Å². The highest BCUT2D eigenvalue weighted by Gasteiger charge is 2.27. The number of sulfonamides is 1. The third-order valence-electron chi connectivity index (χ3n) is 4.73. The van der Waals surface area contributed by atoms with E-state index in [9.17, 15) is 13.2 Å². The number of amides is 1. The molecule has 3 aromatic rings. The molecule has 0 aliphatic carbocycles. The molecule has 1 unspecified atom stereocenters. The Labute approximate surface area is 183 Å². The van der Waals surface area contributed by atoms with Crippen LogP contribution in [-0.4, -0.2) is 30.1 Å². The fraction of sp³-hybridized carbons (Fsp3) is 0.304. The van der Waals surface area contributed by atoms with Gasteiger partial charge in [-0.1, -0.05) is 61.9 Å². The standard InChI is InChI=1S/C23H28N4O3S/c1-17(2)15-21(26-31(29,30)20-11-9-18(3)10-12-20)23(28)24-22-13-14-27(25-22)16-19-7-5-4-6-8-19/h4-14,17,21,26H,15-16H2,1-3H3,(H,24,25,28). The van der Waals surface area contributed by atoms with Gasteiger partial charge in [0.25, 0.3) is 0 Å². The maximum absolute atomic E-state index is 12.9. The third-order valence-corrected chi connectivity index (χ3v) is 6.22. The normalized spacial score (nSPS) is 12.6. The Morgan fingerprint density at radius 3 is 2.35 bits per heavy atom. The van der Waals surface area contributed by atoms with E-state index in [2.05, 4.69) is 15.1 Å². The van der Waals surface area contributed by atoms with Crippen LogP contribution >= 0.6 is 0 Å². The van der Waals surface area contributed by atoms with Crippen LogP contribution in [0, 0.1) is 12.8 Å². The van der Waals surface area contributed by atoms with E-state index in [0.717, 1.165) is 11.1 Å². The molecule has 31 heavy (non-hydrogen) atoms. The lowest BCUT2D eigenvalue weighted by atomic mass is 10.0. The van der Waals surface area contributed by atoms with Crippen LogP contribution in [0.4, 0.5) is 5.82 Å². The Hall–Kier alpha value is -2.97. The summed E-state index contributed by atoms with van der Waals surface area (Å²) in [6, 6.07) is 17.2. The van der Waals surface area contributed by atoms with Gasteiger partial charge in [0.1, 0.15) is 6.04 Å². The number of nitrogens with one attached hydrogen (secondary N) is 2. The summed E-state index contributed by atoms with van der Waals surface area (Å²) in [4.78, 5) is 13.0. The van der Waals surface area contributed by atoms with E-state index in [-0.39, 0.29) is 10.8 Å². The lowest BCUT2D eigenvalue weighted by Crippen LogP contribution is -2.44. The van der Waals surface area contributed by atoms with Gasteiger partial charge in [-0.15, -0.1) is 0 Å². The smallest absolute Gasteiger partial charge is 0.243 e.